The normalized spacial score (nSPS) is 12.1. The molecule has 1 rings (SSSR count). The van der Waals surface area contributed by atoms with Gasteiger partial charge in [0, 0.05) is 18.2 Å². The van der Waals surface area contributed by atoms with Crippen molar-refractivity contribution in [1.82, 2.24) is 5.32 Å². The average molecular weight is 291 g/mol. The van der Waals surface area contributed by atoms with Crippen LogP contribution in [0.4, 0.5) is 0 Å². The number of carboxylic acid groups (broad SMARTS) is 1. The summed E-state index contributed by atoms with van der Waals surface area (Å²) in [4.78, 5) is 22.4. The number of amides is 1. The molecular formula is C16H21NO4. The Morgan fingerprint density at radius 1 is 1.43 bits per heavy atom. The van der Waals surface area contributed by atoms with E-state index < -0.39 is 12.1 Å². The molecule has 21 heavy (non-hydrogen) atoms. The number of rotatable bonds is 7. The highest BCUT2D eigenvalue weighted by molar-refractivity contribution is 5.86. The van der Waals surface area contributed by atoms with Crippen molar-refractivity contribution >= 4 is 18.0 Å². The summed E-state index contributed by atoms with van der Waals surface area (Å²) < 4.78 is 5.64. The van der Waals surface area contributed by atoms with E-state index in [1.54, 1.807) is 13.0 Å². The highest BCUT2D eigenvalue weighted by atomic mass is 16.5. The van der Waals surface area contributed by atoms with Crippen LogP contribution in [0.1, 0.15) is 31.4 Å². The number of carbonyl (C=O) groups is 2. The van der Waals surface area contributed by atoms with Crippen molar-refractivity contribution in [3.63, 3.8) is 0 Å². The number of hydrogen-bond donors (Lipinski definition) is 2. The molecule has 0 saturated heterocycles. The van der Waals surface area contributed by atoms with Gasteiger partial charge in [-0.2, -0.15) is 0 Å². The van der Waals surface area contributed by atoms with Gasteiger partial charge in [-0.1, -0.05) is 18.6 Å². The van der Waals surface area contributed by atoms with Crippen LogP contribution in [0.3, 0.4) is 0 Å². The van der Waals surface area contributed by atoms with E-state index in [-0.39, 0.29) is 5.91 Å². The van der Waals surface area contributed by atoms with Crippen LogP contribution in [-0.2, 0) is 9.59 Å². The molecule has 1 aromatic carbocycles. The lowest BCUT2D eigenvalue weighted by Gasteiger charge is -2.16. The fourth-order valence-electron chi connectivity index (χ4n) is 1.70. The molecule has 2 N–H and O–H groups in total. The van der Waals surface area contributed by atoms with Crippen LogP contribution in [0, 0.1) is 6.92 Å². The number of carbonyl (C=O) groups excluding carboxylic acids is 1. The Balaban J connectivity index is 2.87. The Morgan fingerprint density at radius 2 is 2.14 bits per heavy atom. The number of aliphatic carboxylic acids is 1. The maximum Gasteiger partial charge on any atom is 0.328 e. The van der Waals surface area contributed by atoms with Gasteiger partial charge >= 0.3 is 5.97 Å². The van der Waals surface area contributed by atoms with Gasteiger partial charge in [0.25, 0.3) is 5.91 Å². The van der Waals surface area contributed by atoms with Crippen LogP contribution in [-0.4, -0.2) is 29.6 Å². The maximum atomic E-state index is 11.8. The summed E-state index contributed by atoms with van der Waals surface area (Å²) in [7, 11) is 0. The summed E-state index contributed by atoms with van der Waals surface area (Å²) in [5, 5.41) is 11.5. The van der Waals surface area contributed by atoms with Crippen molar-refractivity contribution in [3.05, 3.63) is 35.4 Å². The molecule has 5 heteroatoms. The second-order valence-electron chi connectivity index (χ2n) is 4.76. The fraction of sp³-hybridized carbons (Fsp3) is 0.375. The van der Waals surface area contributed by atoms with Crippen molar-refractivity contribution in [1.29, 1.82) is 0 Å². The summed E-state index contributed by atoms with van der Waals surface area (Å²) in [6.45, 7) is 6.14. The van der Waals surface area contributed by atoms with E-state index in [9.17, 15) is 9.59 Å². The van der Waals surface area contributed by atoms with Crippen molar-refractivity contribution in [2.75, 3.05) is 6.54 Å². The third-order valence-corrected chi connectivity index (χ3v) is 2.79. The number of aryl methyl sites for hydroxylation is 1. The van der Waals surface area contributed by atoms with Crippen molar-refractivity contribution < 1.29 is 19.4 Å². The Hall–Kier alpha value is -2.30. The van der Waals surface area contributed by atoms with Crippen molar-refractivity contribution in [3.8, 4) is 5.75 Å². The predicted octanol–water partition coefficient (Wildman–Crippen LogP) is 2.39. The minimum absolute atomic E-state index is 0.189. The van der Waals surface area contributed by atoms with Gasteiger partial charge in [-0.15, -0.1) is 0 Å². The molecule has 0 spiro atoms. The highest BCUT2D eigenvalue weighted by Gasteiger charge is 2.15. The number of benzene rings is 1. The van der Waals surface area contributed by atoms with Gasteiger partial charge in [0.05, 0.1) is 0 Å². The molecule has 1 aromatic rings. The van der Waals surface area contributed by atoms with Gasteiger partial charge < -0.3 is 15.2 Å². The second kappa shape index (κ2) is 8.09. The Morgan fingerprint density at radius 3 is 2.76 bits per heavy atom. The van der Waals surface area contributed by atoms with Crippen LogP contribution < -0.4 is 10.1 Å². The van der Waals surface area contributed by atoms with Gasteiger partial charge in [0.2, 0.25) is 0 Å². The lowest BCUT2D eigenvalue weighted by Crippen LogP contribution is -2.36. The first-order valence-electron chi connectivity index (χ1n) is 6.90. The average Bonchev–Trinajstić information content (AvgIpc) is 2.44. The molecule has 0 heterocycles. The number of carboxylic acids is 1. The molecule has 0 aliphatic carbocycles. The monoisotopic (exact) mass is 291 g/mol. The lowest BCUT2D eigenvalue weighted by molar-refractivity contribution is -0.131. The van der Waals surface area contributed by atoms with Crippen LogP contribution in [0.2, 0.25) is 0 Å². The lowest BCUT2D eigenvalue weighted by atomic mass is 10.1. The first-order valence-corrected chi connectivity index (χ1v) is 6.90. The van der Waals surface area contributed by atoms with Gasteiger partial charge in [0.1, 0.15) is 5.75 Å². The quantitative estimate of drug-likeness (QED) is 0.756. The summed E-state index contributed by atoms with van der Waals surface area (Å²) >= 11 is 0. The topological polar surface area (TPSA) is 75.6 Å². The van der Waals surface area contributed by atoms with Gasteiger partial charge in [-0.05, 0) is 38.5 Å². The van der Waals surface area contributed by atoms with E-state index >= 15 is 0 Å². The molecule has 1 amide bonds. The van der Waals surface area contributed by atoms with Gasteiger partial charge in [-0.3, -0.25) is 4.79 Å². The zero-order chi connectivity index (χ0) is 15.8. The minimum Gasteiger partial charge on any atom is -0.480 e. The van der Waals surface area contributed by atoms with Crippen molar-refractivity contribution in [2.24, 2.45) is 0 Å². The largest absolute Gasteiger partial charge is 0.480 e. The Kier molecular flexibility index (Phi) is 6.46. The molecule has 0 saturated carbocycles. The van der Waals surface area contributed by atoms with E-state index in [1.807, 2.05) is 26.0 Å². The first kappa shape index (κ1) is 16.8. The van der Waals surface area contributed by atoms with Crippen LogP contribution >= 0.6 is 0 Å². The summed E-state index contributed by atoms with van der Waals surface area (Å²) in [5.74, 6) is -0.737. The van der Waals surface area contributed by atoms with E-state index in [0.717, 1.165) is 18.1 Å². The number of ether oxygens (including phenoxy) is 1. The molecular weight excluding hydrogens is 270 g/mol. The summed E-state index contributed by atoms with van der Waals surface area (Å²) in [6, 6.07) is 5.40. The third kappa shape index (κ3) is 5.69. The molecule has 0 fully saturated rings. The summed E-state index contributed by atoms with van der Waals surface area (Å²) in [6.07, 6.45) is 2.72. The SMILES string of the molecule is CCCNC(=O)C(C)Oc1ccc(C)cc1C=CC(=O)O. The van der Waals surface area contributed by atoms with E-state index in [1.165, 1.54) is 6.08 Å². The number of nitrogens with one attached hydrogen (secondary N) is 1. The smallest absolute Gasteiger partial charge is 0.328 e. The highest BCUT2D eigenvalue weighted by Crippen LogP contribution is 2.22. The van der Waals surface area contributed by atoms with E-state index in [0.29, 0.717) is 17.9 Å². The molecule has 0 aliphatic heterocycles. The molecule has 1 unspecified atom stereocenters. The number of hydrogen-bond acceptors (Lipinski definition) is 3. The van der Waals surface area contributed by atoms with E-state index in [2.05, 4.69) is 5.32 Å². The zero-order valence-electron chi connectivity index (χ0n) is 12.6. The molecule has 0 radical (unpaired) electrons. The van der Waals surface area contributed by atoms with Crippen LogP contribution in [0.5, 0.6) is 5.75 Å². The fourth-order valence-corrected chi connectivity index (χ4v) is 1.70. The Labute approximate surface area is 124 Å². The predicted molar refractivity (Wildman–Crippen MR) is 81.2 cm³/mol. The first-order chi connectivity index (χ1) is 9.93. The zero-order valence-corrected chi connectivity index (χ0v) is 12.6. The Bertz CT molecular complexity index is 537. The van der Waals surface area contributed by atoms with E-state index in [4.69, 9.17) is 9.84 Å². The maximum absolute atomic E-state index is 11.8. The molecule has 0 bridgehead atoms. The third-order valence-electron chi connectivity index (χ3n) is 2.79. The van der Waals surface area contributed by atoms with Gasteiger partial charge in [0.15, 0.2) is 6.10 Å². The molecule has 0 aliphatic rings. The molecule has 5 nitrogen and oxygen atoms in total. The van der Waals surface area contributed by atoms with Crippen molar-refractivity contribution in [2.45, 2.75) is 33.3 Å². The van der Waals surface area contributed by atoms with Gasteiger partial charge in [-0.25, -0.2) is 4.79 Å². The molecule has 114 valence electrons. The minimum atomic E-state index is -1.03. The standard InChI is InChI=1S/C16H21NO4/c1-4-9-17-16(20)12(3)21-14-7-5-11(2)10-13(14)6-8-15(18)19/h5-8,10,12H,4,9H2,1-3H3,(H,17,20)(H,18,19). The second-order valence-corrected chi connectivity index (χ2v) is 4.76. The molecule has 1 atom stereocenters. The molecule has 0 aromatic heterocycles. The van der Waals surface area contributed by atoms with Crippen LogP contribution in [0.15, 0.2) is 24.3 Å². The van der Waals surface area contributed by atoms with Crippen LogP contribution in [0.25, 0.3) is 6.08 Å². The summed E-state index contributed by atoms with van der Waals surface area (Å²) in [5.41, 5.74) is 1.61.